The van der Waals surface area contributed by atoms with Gasteiger partial charge in [0.15, 0.2) is 5.16 Å². The van der Waals surface area contributed by atoms with E-state index >= 15 is 0 Å². The van der Waals surface area contributed by atoms with Crippen LogP contribution < -0.4 is 10.5 Å². The number of carbonyl (C=O) groups is 1. The fourth-order valence-corrected chi connectivity index (χ4v) is 3.11. The molecule has 3 rings (SSSR count). The molecule has 2 N–H and O–H groups in total. The summed E-state index contributed by atoms with van der Waals surface area (Å²) in [5.74, 6) is 0.134. The monoisotopic (exact) mass is 357 g/mol. The zero-order valence-corrected chi connectivity index (χ0v) is 14.3. The second-order valence-electron chi connectivity index (χ2n) is 5.22. The number of hydrogen-bond acceptors (Lipinski definition) is 4. The van der Waals surface area contributed by atoms with Crippen molar-refractivity contribution >= 4 is 17.7 Å². The minimum atomic E-state index is -0.419. The molecule has 1 amide bonds. The molecule has 0 fully saturated rings. The lowest BCUT2D eigenvalue weighted by Crippen LogP contribution is -2.13. The Morgan fingerprint density at radius 3 is 2.48 bits per heavy atom. The molecule has 25 heavy (non-hydrogen) atoms. The maximum Gasteiger partial charge on any atom is 0.227 e. The van der Waals surface area contributed by atoms with Crippen molar-refractivity contribution < 1.29 is 13.9 Å². The zero-order valence-electron chi connectivity index (χ0n) is 13.5. The molecule has 128 valence electrons. The molecular formula is C18H16FN3O2S. The molecule has 3 aromatic rings. The number of methoxy groups -OCH3 is 1. The number of aromatic nitrogens is 2. The lowest BCUT2D eigenvalue weighted by molar-refractivity contribution is -0.115. The van der Waals surface area contributed by atoms with Crippen LogP contribution in [0.5, 0.6) is 5.75 Å². The molecule has 5 nitrogen and oxygen atoms in total. The average molecular weight is 357 g/mol. The number of hydrogen-bond donors (Lipinski definition) is 1. The molecule has 1 heterocycles. The van der Waals surface area contributed by atoms with Crippen molar-refractivity contribution in [1.29, 1.82) is 0 Å². The molecule has 0 spiro atoms. The molecule has 0 bridgehead atoms. The molecular weight excluding hydrogens is 341 g/mol. The Morgan fingerprint density at radius 2 is 1.88 bits per heavy atom. The molecule has 0 aliphatic heterocycles. The first-order valence-corrected chi connectivity index (χ1v) is 8.46. The van der Waals surface area contributed by atoms with Crippen LogP contribution in [-0.4, -0.2) is 28.3 Å². The predicted molar refractivity (Wildman–Crippen MR) is 95.4 cm³/mol. The minimum absolute atomic E-state index is 0.121. The van der Waals surface area contributed by atoms with Crippen molar-refractivity contribution in [3.8, 4) is 22.7 Å². The number of nitrogens with two attached hydrogens (primary N) is 1. The SMILES string of the molecule is COc1ccc(-n2c(-c3ccc(F)cc3)cnc2SCC(N)=O)cc1. The largest absolute Gasteiger partial charge is 0.497 e. The van der Waals surface area contributed by atoms with Crippen molar-refractivity contribution in [1.82, 2.24) is 9.55 Å². The Bertz CT molecular complexity index is 876. The lowest BCUT2D eigenvalue weighted by Gasteiger charge is -2.12. The van der Waals surface area contributed by atoms with Gasteiger partial charge in [-0.3, -0.25) is 9.36 Å². The highest BCUT2D eigenvalue weighted by molar-refractivity contribution is 7.99. The summed E-state index contributed by atoms with van der Waals surface area (Å²) in [7, 11) is 1.60. The van der Waals surface area contributed by atoms with E-state index in [9.17, 15) is 9.18 Å². The summed E-state index contributed by atoms with van der Waals surface area (Å²) in [6.45, 7) is 0. The smallest absolute Gasteiger partial charge is 0.227 e. The first-order valence-electron chi connectivity index (χ1n) is 7.47. The standard InChI is InChI=1S/C18H16FN3O2S/c1-24-15-8-6-14(7-9-15)22-16(12-2-4-13(19)5-3-12)10-21-18(22)25-11-17(20)23/h2-10H,11H2,1H3,(H2,20,23). The number of primary amides is 1. The van der Waals surface area contributed by atoms with Crippen molar-refractivity contribution in [2.45, 2.75) is 5.16 Å². The zero-order chi connectivity index (χ0) is 17.8. The van der Waals surface area contributed by atoms with Crippen molar-refractivity contribution in [3.63, 3.8) is 0 Å². The topological polar surface area (TPSA) is 70.1 Å². The normalized spacial score (nSPS) is 10.6. The quantitative estimate of drug-likeness (QED) is 0.688. The van der Waals surface area contributed by atoms with Gasteiger partial charge in [-0.25, -0.2) is 9.37 Å². The molecule has 7 heteroatoms. The highest BCUT2D eigenvalue weighted by Crippen LogP contribution is 2.30. The Balaban J connectivity index is 2.08. The van der Waals surface area contributed by atoms with E-state index in [2.05, 4.69) is 4.98 Å². The van der Waals surface area contributed by atoms with Crippen LogP contribution >= 0.6 is 11.8 Å². The summed E-state index contributed by atoms with van der Waals surface area (Å²) in [6, 6.07) is 13.6. The highest BCUT2D eigenvalue weighted by atomic mass is 32.2. The first-order chi connectivity index (χ1) is 12.1. The summed E-state index contributed by atoms with van der Waals surface area (Å²) in [4.78, 5) is 15.5. The van der Waals surface area contributed by atoms with Gasteiger partial charge >= 0.3 is 0 Å². The molecule has 0 aliphatic rings. The molecule has 0 saturated carbocycles. The summed E-state index contributed by atoms with van der Waals surface area (Å²) >= 11 is 1.25. The summed E-state index contributed by atoms with van der Waals surface area (Å²) < 4.78 is 20.3. The Kier molecular flexibility index (Phi) is 5.04. The average Bonchev–Trinajstić information content (AvgIpc) is 3.04. The maximum absolute atomic E-state index is 13.2. The molecule has 0 unspecified atom stereocenters. The first kappa shape index (κ1) is 17.0. The van der Waals surface area contributed by atoms with Gasteiger partial charge in [0.2, 0.25) is 5.91 Å². The van der Waals surface area contributed by atoms with Gasteiger partial charge in [-0.1, -0.05) is 11.8 Å². The number of thioether (sulfide) groups is 1. The van der Waals surface area contributed by atoms with Crippen LogP contribution in [0.25, 0.3) is 16.9 Å². The molecule has 2 aromatic carbocycles. The van der Waals surface area contributed by atoms with Gasteiger partial charge in [-0.2, -0.15) is 0 Å². The number of imidazole rings is 1. The van der Waals surface area contributed by atoms with E-state index in [0.29, 0.717) is 5.16 Å². The lowest BCUT2D eigenvalue weighted by atomic mass is 10.1. The van der Waals surface area contributed by atoms with Crippen LogP contribution in [0.15, 0.2) is 59.9 Å². The number of benzene rings is 2. The summed E-state index contributed by atoms with van der Waals surface area (Å²) in [5.41, 5.74) is 7.70. The fourth-order valence-electron chi connectivity index (χ4n) is 2.38. The molecule has 1 aromatic heterocycles. The second-order valence-corrected chi connectivity index (χ2v) is 6.16. The highest BCUT2D eigenvalue weighted by Gasteiger charge is 2.15. The van der Waals surface area contributed by atoms with Crippen LogP contribution in [0.3, 0.4) is 0 Å². The van der Waals surface area contributed by atoms with Crippen molar-refractivity contribution in [2.24, 2.45) is 5.73 Å². The third-order valence-electron chi connectivity index (χ3n) is 3.54. The van der Waals surface area contributed by atoms with Gasteiger partial charge < -0.3 is 10.5 Å². The van der Waals surface area contributed by atoms with Crippen LogP contribution in [0, 0.1) is 5.82 Å². The number of amides is 1. The predicted octanol–water partition coefficient (Wildman–Crippen LogP) is 3.26. The summed E-state index contributed by atoms with van der Waals surface area (Å²) in [6.07, 6.45) is 1.70. The number of carbonyl (C=O) groups excluding carboxylic acids is 1. The number of rotatable bonds is 6. The van der Waals surface area contributed by atoms with E-state index in [1.54, 1.807) is 25.4 Å². The Labute approximate surface area is 148 Å². The van der Waals surface area contributed by atoms with Gasteiger partial charge in [0.25, 0.3) is 0 Å². The summed E-state index contributed by atoms with van der Waals surface area (Å²) in [5, 5.41) is 0.628. The maximum atomic E-state index is 13.2. The van der Waals surface area contributed by atoms with Gasteiger partial charge in [0.1, 0.15) is 11.6 Å². The van der Waals surface area contributed by atoms with Crippen molar-refractivity contribution in [2.75, 3.05) is 12.9 Å². The Hall–Kier alpha value is -2.80. The Morgan fingerprint density at radius 1 is 1.20 bits per heavy atom. The second kappa shape index (κ2) is 7.40. The number of ether oxygens (including phenoxy) is 1. The van der Waals surface area contributed by atoms with Crippen LogP contribution in [-0.2, 0) is 4.79 Å². The number of nitrogens with zero attached hydrogens (tertiary/aromatic N) is 2. The van der Waals surface area contributed by atoms with E-state index in [1.165, 1.54) is 23.9 Å². The van der Waals surface area contributed by atoms with E-state index in [-0.39, 0.29) is 11.6 Å². The van der Waals surface area contributed by atoms with Gasteiger partial charge in [-0.15, -0.1) is 0 Å². The van der Waals surface area contributed by atoms with E-state index in [1.807, 2.05) is 28.8 Å². The number of halogens is 1. The van der Waals surface area contributed by atoms with Gasteiger partial charge in [0.05, 0.1) is 24.8 Å². The molecule has 0 aliphatic carbocycles. The van der Waals surface area contributed by atoms with Crippen LogP contribution in [0.4, 0.5) is 4.39 Å². The van der Waals surface area contributed by atoms with E-state index in [0.717, 1.165) is 22.7 Å². The van der Waals surface area contributed by atoms with E-state index < -0.39 is 5.91 Å². The third kappa shape index (κ3) is 3.83. The van der Waals surface area contributed by atoms with Crippen LogP contribution in [0.2, 0.25) is 0 Å². The minimum Gasteiger partial charge on any atom is -0.497 e. The van der Waals surface area contributed by atoms with Gasteiger partial charge in [-0.05, 0) is 48.5 Å². The van der Waals surface area contributed by atoms with Crippen molar-refractivity contribution in [3.05, 3.63) is 60.5 Å². The van der Waals surface area contributed by atoms with Gasteiger partial charge in [0, 0.05) is 11.3 Å². The molecule has 0 atom stereocenters. The molecule has 0 saturated heterocycles. The molecule has 0 radical (unpaired) electrons. The van der Waals surface area contributed by atoms with E-state index in [4.69, 9.17) is 10.5 Å². The third-order valence-corrected chi connectivity index (χ3v) is 4.52. The fraction of sp³-hybridized carbons (Fsp3) is 0.111. The van der Waals surface area contributed by atoms with Crippen LogP contribution in [0.1, 0.15) is 0 Å².